The predicted molar refractivity (Wildman–Crippen MR) is 66.8 cm³/mol. The van der Waals surface area contributed by atoms with Gasteiger partial charge in [0.15, 0.2) is 0 Å². The van der Waals surface area contributed by atoms with Crippen molar-refractivity contribution in [2.75, 3.05) is 0 Å². The quantitative estimate of drug-likeness (QED) is 0.618. The van der Waals surface area contributed by atoms with E-state index in [1.54, 1.807) is 4.68 Å². The molecule has 0 unspecified atom stereocenters. The summed E-state index contributed by atoms with van der Waals surface area (Å²) in [6.45, 7) is 0. The van der Waals surface area contributed by atoms with Gasteiger partial charge in [-0.25, -0.2) is 9.97 Å². The van der Waals surface area contributed by atoms with E-state index in [2.05, 4.69) is 15.1 Å². The molecule has 0 aliphatic rings. The number of hydrogen-bond donors (Lipinski definition) is 0. The number of halogens is 1. The summed E-state index contributed by atoms with van der Waals surface area (Å²) in [6.07, 6.45) is 5.26. The minimum atomic E-state index is 0.479. The Bertz CT molecular complexity index is 690. The van der Waals surface area contributed by atoms with Crippen LogP contribution in [-0.4, -0.2) is 19.7 Å². The molecule has 0 saturated carbocycles. The molecule has 17 heavy (non-hydrogen) atoms. The number of fused-ring (bicyclic) bond motifs is 1. The molecule has 0 amide bonds. The van der Waals surface area contributed by atoms with E-state index in [1.807, 2.05) is 37.6 Å². The summed E-state index contributed by atoms with van der Waals surface area (Å²) in [5.41, 5.74) is 2.97. The van der Waals surface area contributed by atoms with E-state index in [0.29, 0.717) is 5.15 Å². The number of nitrogens with zero attached hydrogens (tertiary/aromatic N) is 4. The summed E-state index contributed by atoms with van der Waals surface area (Å²) >= 11 is 5.99. The highest BCUT2D eigenvalue weighted by Gasteiger charge is 2.05. The van der Waals surface area contributed by atoms with Crippen molar-refractivity contribution >= 4 is 22.5 Å². The zero-order valence-corrected chi connectivity index (χ0v) is 9.89. The fraction of sp³-hybridized carbons (Fsp3) is 0.0833. The molecule has 84 valence electrons. The molecule has 0 bridgehead atoms. The van der Waals surface area contributed by atoms with Crippen LogP contribution in [0.2, 0.25) is 5.15 Å². The molecule has 0 aliphatic heterocycles. The van der Waals surface area contributed by atoms with Crippen molar-refractivity contribution in [2.24, 2.45) is 7.05 Å². The smallest absolute Gasteiger partial charge is 0.140 e. The standard InChI is InChI=1S/C12H9ClN4/c1-17-6-9(5-16-17)8-2-3-10-11(4-8)14-7-15-12(10)13/h2-7H,1H3. The third-order valence-corrected chi connectivity index (χ3v) is 2.93. The molecular weight excluding hydrogens is 236 g/mol. The summed E-state index contributed by atoms with van der Waals surface area (Å²) in [6, 6.07) is 5.91. The summed E-state index contributed by atoms with van der Waals surface area (Å²) in [5, 5.41) is 5.49. The Morgan fingerprint density at radius 3 is 2.82 bits per heavy atom. The summed E-state index contributed by atoms with van der Waals surface area (Å²) < 4.78 is 1.77. The molecule has 0 saturated heterocycles. The first kappa shape index (κ1) is 10.2. The van der Waals surface area contributed by atoms with E-state index in [9.17, 15) is 0 Å². The molecule has 0 N–H and O–H groups in total. The molecule has 0 radical (unpaired) electrons. The van der Waals surface area contributed by atoms with Gasteiger partial charge in [-0.3, -0.25) is 4.68 Å². The van der Waals surface area contributed by atoms with E-state index in [-0.39, 0.29) is 0 Å². The van der Waals surface area contributed by atoms with Crippen LogP contribution in [0.25, 0.3) is 22.0 Å². The molecular formula is C12H9ClN4. The fourth-order valence-electron chi connectivity index (χ4n) is 1.77. The van der Waals surface area contributed by atoms with Gasteiger partial charge in [0, 0.05) is 24.2 Å². The summed E-state index contributed by atoms with van der Waals surface area (Å²) in [4.78, 5) is 8.16. The maximum Gasteiger partial charge on any atom is 0.140 e. The Balaban J connectivity index is 2.20. The van der Waals surface area contributed by atoms with Crippen LogP contribution in [-0.2, 0) is 7.05 Å². The Kier molecular flexibility index (Phi) is 2.30. The van der Waals surface area contributed by atoms with E-state index in [0.717, 1.165) is 22.0 Å². The lowest BCUT2D eigenvalue weighted by Gasteiger charge is -2.01. The summed E-state index contributed by atoms with van der Waals surface area (Å²) in [7, 11) is 1.89. The van der Waals surface area contributed by atoms with Crippen LogP contribution in [0.5, 0.6) is 0 Å². The van der Waals surface area contributed by atoms with Gasteiger partial charge in [0.2, 0.25) is 0 Å². The van der Waals surface area contributed by atoms with Crippen molar-refractivity contribution in [3.05, 3.63) is 42.1 Å². The van der Waals surface area contributed by atoms with E-state index in [4.69, 9.17) is 11.6 Å². The van der Waals surface area contributed by atoms with Crippen molar-refractivity contribution < 1.29 is 0 Å². The molecule has 2 aromatic heterocycles. The second-order valence-corrected chi connectivity index (χ2v) is 4.16. The zero-order chi connectivity index (χ0) is 11.8. The van der Waals surface area contributed by atoms with Crippen molar-refractivity contribution in [3.8, 4) is 11.1 Å². The number of aromatic nitrogens is 4. The molecule has 0 spiro atoms. The highest BCUT2D eigenvalue weighted by molar-refractivity contribution is 6.34. The van der Waals surface area contributed by atoms with Crippen molar-refractivity contribution in [3.63, 3.8) is 0 Å². The third kappa shape index (κ3) is 1.76. The first-order chi connectivity index (χ1) is 8.24. The molecule has 0 aliphatic carbocycles. The van der Waals surface area contributed by atoms with Crippen LogP contribution in [0.15, 0.2) is 36.9 Å². The monoisotopic (exact) mass is 244 g/mol. The number of rotatable bonds is 1. The van der Waals surface area contributed by atoms with Gasteiger partial charge in [0.25, 0.3) is 0 Å². The SMILES string of the molecule is Cn1cc(-c2ccc3c(Cl)ncnc3c2)cn1. The minimum Gasteiger partial charge on any atom is -0.275 e. The fourth-order valence-corrected chi connectivity index (χ4v) is 1.98. The number of hydrogen-bond acceptors (Lipinski definition) is 3. The zero-order valence-electron chi connectivity index (χ0n) is 9.13. The number of benzene rings is 1. The van der Waals surface area contributed by atoms with Crippen LogP contribution in [0.4, 0.5) is 0 Å². The Hall–Kier alpha value is -1.94. The first-order valence-corrected chi connectivity index (χ1v) is 5.51. The lowest BCUT2D eigenvalue weighted by molar-refractivity contribution is 0.768. The van der Waals surface area contributed by atoms with Gasteiger partial charge in [-0.15, -0.1) is 0 Å². The second kappa shape index (κ2) is 3.82. The van der Waals surface area contributed by atoms with Crippen LogP contribution in [0.1, 0.15) is 0 Å². The van der Waals surface area contributed by atoms with Crippen molar-refractivity contribution in [2.45, 2.75) is 0 Å². The molecule has 2 heterocycles. The van der Waals surface area contributed by atoms with Gasteiger partial charge >= 0.3 is 0 Å². The minimum absolute atomic E-state index is 0.479. The third-order valence-electron chi connectivity index (χ3n) is 2.63. The lowest BCUT2D eigenvalue weighted by Crippen LogP contribution is -1.85. The predicted octanol–water partition coefficient (Wildman–Crippen LogP) is 2.68. The Labute approximate surface area is 103 Å². The summed E-state index contributed by atoms with van der Waals surface area (Å²) in [5.74, 6) is 0. The molecule has 5 heteroatoms. The highest BCUT2D eigenvalue weighted by atomic mass is 35.5. The topological polar surface area (TPSA) is 43.6 Å². The molecule has 1 aromatic carbocycles. The molecule has 3 rings (SSSR count). The number of aryl methyl sites for hydroxylation is 1. The molecule has 4 nitrogen and oxygen atoms in total. The Morgan fingerprint density at radius 2 is 2.06 bits per heavy atom. The van der Waals surface area contributed by atoms with Crippen molar-refractivity contribution in [1.29, 1.82) is 0 Å². The average Bonchev–Trinajstić information content (AvgIpc) is 2.76. The first-order valence-electron chi connectivity index (χ1n) is 5.13. The van der Waals surface area contributed by atoms with Crippen LogP contribution in [0, 0.1) is 0 Å². The maximum atomic E-state index is 5.99. The van der Waals surface area contributed by atoms with E-state index < -0.39 is 0 Å². The normalized spacial score (nSPS) is 10.9. The molecule has 3 aromatic rings. The highest BCUT2D eigenvalue weighted by Crippen LogP contribution is 2.25. The van der Waals surface area contributed by atoms with Gasteiger partial charge in [0.1, 0.15) is 11.5 Å². The Morgan fingerprint density at radius 1 is 1.18 bits per heavy atom. The van der Waals surface area contributed by atoms with E-state index in [1.165, 1.54) is 6.33 Å². The van der Waals surface area contributed by atoms with Gasteiger partial charge in [0.05, 0.1) is 11.7 Å². The van der Waals surface area contributed by atoms with Gasteiger partial charge in [-0.05, 0) is 17.7 Å². The van der Waals surface area contributed by atoms with Gasteiger partial charge in [-0.2, -0.15) is 5.10 Å². The average molecular weight is 245 g/mol. The van der Waals surface area contributed by atoms with Crippen LogP contribution >= 0.6 is 11.6 Å². The van der Waals surface area contributed by atoms with Crippen LogP contribution < -0.4 is 0 Å². The van der Waals surface area contributed by atoms with Gasteiger partial charge in [-0.1, -0.05) is 17.7 Å². The maximum absolute atomic E-state index is 5.99. The van der Waals surface area contributed by atoms with Crippen molar-refractivity contribution in [1.82, 2.24) is 19.7 Å². The van der Waals surface area contributed by atoms with Crippen LogP contribution in [0.3, 0.4) is 0 Å². The van der Waals surface area contributed by atoms with E-state index >= 15 is 0 Å². The van der Waals surface area contributed by atoms with Gasteiger partial charge < -0.3 is 0 Å². The molecule has 0 atom stereocenters. The second-order valence-electron chi connectivity index (χ2n) is 3.80. The molecule has 0 fully saturated rings. The largest absolute Gasteiger partial charge is 0.275 e. The lowest BCUT2D eigenvalue weighted by atomic mass is 10.1.